The van der Waals surface area contributed by atoms with Crippen LogP contribution in [0.4, 0.5) is 15.8 Å². The Kier molecular flexibility index (Phi) is 5.19. The number of likely N-dealkylation sites (N-methyl/N-ethyl adjacent to an activating group) is 1. The van der Waals surface area contributed by atoms with E-state index in [0.717, 1.165) is 11.3 Å². The normalized spacial score (nSPS) is 13.9. The topological polar surface area (TPSA) is 40.6 Å². The summed E-state index contributed by atoms with van der Waals surface area (Å²) in [5, 5.41) is 0. The average molecular weight is 400 g/mol. The summed E-state index contributed by atoms with van der Waals surface area (Å²) in [7, 11) is 0. The second kappa shape index (κ2) is 7.95. The predicted octanol–water partition coefficient (Wildman–Crippen LogP) is 4.95. The first-order valence-electron chi connectivity index (χ1n) is 9.79. The Labute approximate surface area is 174 Å². The molecule has 0 bridgehead atoms. The van der Waals surface area contributed by atoms with Gasteiger partial charge in [0, 0.05) is 12.2 Å². The van der Waals surface area contributed by atoms with Crippen LogP contribution in [0.3, 0.4) is 0 Å². The Morgan fingerprint density at radius 2 is 1.57 bits per heavy atom. The zero-order valence-corrected chi connectivity index (χ0v) is 16.8. The number of carbonyl (C=O) groups excluding carboxylic acids is 2. The van der Waals surface area contributed by atoms with Gasteiger partial charge in [0.05, 0.1) is 11.3 Å². The molecule has 3 aromatic rings. The first-order chi connectivity index (χ1) is 14.5. The van der Waals surface area contributed by atoms with Crippen molar-refractivity contribution in [3.8, 4) is 0 Å². The molecule has 0 saturated carbocycles. The van der Waals surface area contributed by atoms with Gasteiger partial charge in [-0.2, -0.15) is 0 Å². The zero-order chi connectivity index (χ0) is 21.3. The molecule has 1 aliphatic rings. The zero-order valence-electron chi connectivity index (χ0n) is 16.8. The van der Waals surface area contributed by atoms with Gasteiger partial charge in [-0.1, -0.05) is 42.5 Å². The fourth-order valence-electron chi connectivity index (χ4n) is 3.72. The van der Waals surface area contributed by atoms with E-state index >= 15 is 0 Å². The van der Waals surface area contributed by atoms with Crippen molar-refractivity contribution in [2.24, 2.45) is 0 Å². The number of benzene rings is 3. The van der Waals surface area contributed by atoms with Crippen molar-refractivity contribution in [1.82, 2.24) is 0 Å². The van der Waals surface area contributed by atoms with E-state index in [0.29, 0.717) is 23.5 Å². The molecule has 30 heavy (non-hydrogen) atoms. The molecule has 1 heterocycles. The Balaban J connectivity index is 1.91. The number of rotatable bonds is 5. The van der Waals surface area contributed by atoms with E-state index in [-0.39, 0.29) is 5.57 Å². The lowest BCUT2D eigenvalue weighted by Gasteiger charge is -2.25. The van der Waals surface area contributed by atoms with Gasteiger partial charge in [0.2, 0.25) is 0 Å². The van der Waals surface area contributed by atoms with Crippen molar-refractivity contribution in [1.29, 1.82) is 0 Å². The van der Waals surface area contributed by atoms with Gasteiger partial charge in [-0.25, -0.2) is 9.29 Å². The van der Waals surface area contributed by atoms with Gasteiger partial charge in [0.15, 0.2) is 0 Å². The minimum atomic E-state index is -0.415. The summed E-state index contributed by atoms with van der Waals surface area (Å²) in [4.78, 5) is 30.1. The van der Waals surface area contributed by atoms with E-state index in [1.165, 1.54) is 29.2 Å². The third kappa shape index (κ3) is 3.39. The summed E-state index contributed by atoms with van der Waals surface area (Å²) in [6.07, 6.45) is 0. The molecular weight excluding hydrogens is 379 g/mol. The highest BCUT2D eigenvalue weighted by Crippen LogP contribution is 2.36. The molecule has 150 valence electrons. The van der Waals surface area contributed by atoms with Crippen molar-refractivity contribution in [2.45, 2.75) is 13.8 Å². The Bertz CT molecular complexity index is 1140. The van der Waals surface area contributed by atoms with Crippen LogP contribution in [0, 0.1) is 12.7 Å². The van der Waals surface area contributed by atoms with Crippen LogP contribution in [0.15, 0.2) is 84.6 Å². The average Bonchev–Trinajstić information content (AvgIpc) is 3.00. The first kappa shape index (κ1) is 19.6. The quantitative estimate of drug-likeness (QED) is 0.569. The maximum absolute atomic E-state index is 13.6. The van der Waals surface area contributed by atoms with Gasteiger partial charge in [0.1, 0.15) is 11.5 Å². The van der Waals surface area contributed by atoms with E-state index in [9.17, 15) is 14.0 Å². The molecule has 1 aliphatic heterocycles. The molecule has 3 aromatic carbocycles. The van der Waals surface area contributed by atoms with Crippen molar-refractivity contribution in [2.75, 3.05) is 16.3 Å². The van der Waals surface area contributed by atoms with E-state index in [1.54, 1.807) is 12.1 Å². The third-order valence-corrected chi connectivity index (χ3v) is 5.11. The Hall–Kier alpha value is -3.73. The van der Waals surface area contributed by atoms with Crippen LogP contribution < -0.4 is 9.80 Å². The van der Waals surface area contributed by atoms with Crippen LogP contribution >= 0.6 is 0 Å². The molecular formula is C25H21FN2O2. The summed E-state index contributed by atoms with van der Waals surface area (Å²) >= 11 is 0. The number of halogens is 1. The van der Waals surface area contributed by atoms with Crippen molar-refractivity contribution in [3.05, 3.63) is 102 Å². The highest BCUT2D eigenvalue weighted by molar-refractivity contribution is 6.46. The lowest BCUT2D eigenvalue weighted by molar-refractivity contribution is -0.120. The van der Waals surface area contributed by atoms with Gasteiger partial charge < -0.3 is 4.90 Å². The van der Waals surface area contributed by atoms with Gasteiger partial charge in [-0.3, -0.25) is 9.59 Å². The fraction of sp³-hybridized carbons (Fsp3) is 0.120. The molecule has 0 fully saturated rings. The summed E-state index contributed by atoms with van der Waals surface area (Å²) in [6, 6.07) is 22.4. The maximum atomic E-state index is 13.6. The van der Waals surface area contributed by atoms with Crippen LogP contribution in [-0.4, -0.2) is 18.4 Å². The van der Waals surface area contributed by atoms with Gasteiger partial charge in [-0.05, 0) is 61.4 Å². The highest BCUT2D eigenvalue weighted by Gasteiger charge is 2.42. The Morgan fingerprint density at radius 3 is 2.20 bits per heavy atom. The van der Waals surface area contributed by atoms with Crippen molar-refractivity contribution < 1.29 is 14.0 Å². The van der Waals surface area contributed by atoms with Crippen molar-refractivity contribution in [3.63, 3.8) is 0 Å². The predicted molar refractivity (Wildman–Crippen MR) is 116 cm³/mol. The molecule has 0 unspecified atom stereocenters. The standard InChI is InChI=1S/C25H21FN2O2/c1-3-27(20-9-5-4-6-10-20)23-22(18-12-14-19(26)15-13-18)24(29)28(25(23)30)21-11-7-8-17(2)16-21/h4-16H,3H2,1-2H3. The number of nitrogens with zero attached hydrogens (tertiary/aromatic N) is 2. The summed E-state index contributed by atoms with van der Waals surface area (Å²) < 4.78 is 13.5. The number of anilines is 2. The Morgan fingerprint density at radius 1 is 0.867 bits per heavy atom. The van der Waals surface area contributed by atoms with Crippen LogP contribution in [0.25, 0.3) is 5.57 Å². The van der Waals surface area contributed by atoms with E-state index in [2.05, 4.69) is 0 Å². The molecule has 0 aromatic heterocycles. The van der Waals surface area contributed by atoms with E-state index in [4.69, 9.17) is 0 Å². The molecule has 2 amide bonds. The fourth-order valence-corrected chi connectivity index (χ4v) is 3.72. The molecule has 0 atom stereocenters. The first-order valence-corrected chi connectivity index (χ1v) is 9.79. The smallest absolute Gasteiger partial charge is 0.282 e. The van der Waals surface area contributed by atoms with Crippen LogP contribution in [0.5, 0.6) is 0 Å². The molecule has 4 nitrogen and oxygen atoms in total. The molecule has 0 radical (unpaired) electrons. The number of imide groups is 1. The lowest BCUT2D eigenvalue weighted by Crippen LogP contribution is -2.35. The van der Waals surface area contributed by atoms with Crippen LogP contribution in [0.2, 0.25) is 0 Å². The molecule has 4 rings (SSSR count). The van der Waals surface area contributed by atoms with Gasteiger partial charge in [-0.15, -0.1) is 0 Å². The second-order valence-corrected chi connectivity index (χ2v) is 7.10. The number of hydrogen-bond acceptors (Lipinski definition) is 3. The monoisotopic (exact) mass is 400 g/mol. The van der Waals surface area contributed by atoms with Gasteiger partial charge >= 0.3 is 0 Å². The number of amides is 2. The van der Waals surface area contributed by atoms with E-state index < -0.39 is 17.6 Å². The molecule has 5 heteroatoms. The van der Waals surface area contributed by atoms with E-state index in [1.807, 2.05) is 61.2 Å². The minimum absolute atomic E-state index is 0.271. The lowest BCUT2D eigenvalue weighted by atomic mass is 10.0. The summed E-state index contributed by atoms with van der Waals surface area (Å²) in [5.74, 6) is -1.21. The minimum Gasteiger partial charge on any atom is -0.337 e. The highest BCUT2D eigenvalue weighted by atomic mass is 19.1. The molecule has 0 aliphatic carbocycles. The second-order valence-electron chi connectivity index (χ2n) is 7.10. The number of carbonyl (C=O) groups is 2. The van der Waals surface area contributed by atoms with Crippen LogP contribution in [0.1, 0.15) is 18.1 Å². The van der Waals surface area contributed by atoms with Crippen molar-refractivity contribution >= 4 is 28.8 Å². The summed E-state index contributed by atoms with van der Waals surface area (Å²) in [6.45, 7) is 4.33. The maximum Gasteiger partial charge on any atom is 0.282 e. The molecule has 0 N–H and O–H groups in total. The molecule has 0 spiro atoms. The molecule has 0 saturated heterocycles. The number of para-hydroxylation sites is 1. The summed E-state index contributed by atoms with van der Waals surface area (Å²) in [5.41, 5.74) is 3.34. The number of hydrogen-bond donors (Lipinski definition) is 0. The number of aryl methyl sites for hydroxylation is 1. The third-order valence-electron chi connectivity index (χ3n) is 5.11. The van der Waals surface area contributed by atoms with Crippen LogP contribution in [-0.2, 0) is 9.59 Å². The largest absolute Gasteiger partial charge is 0.337 e. The van der Waals surface area contributed by atoms with Gasteiger partial charge in [0.25, 0.3) is 11.8 Å². The SMILES string of the molecule is CCN(C1=C(c2ccc(F)cc2)C(=O)N(c2cccc(C)c2)C1=O)c1ccccc1.